The van der Waals surface area contributed by atoms with Crippen molar-refractivity contribution in [1.29, 1.82) is 0 Å². The second-order valence-electron chi connectivity index (χ2n) is 6.98. The van der Waals surface area contributed by atoms with Crippen molar-refractivity contribution in [2.24, 2.45) is 10.1 Å². The van der Waals surface area contributed by atoms with E-state index in [1.54, 1.807) is 24.8 Å². The Balaban J connectivity index is 1.57. The Hall–Kier alpha value is -4.16. The van der Waals surface area contributed by atoms with Crippen LogP contribution in [0.25, 0.3) is 22.4 Å². The van der Waals surface area contributed by atoms with Gasteiger partial charge in [-0.15, -0.1) is 11.3 Å². The van der Waals surface area contributed by atoms with E-state index in [9.17, 15) is 0 Å². The predicted octanol–water partition coefficient (Wildman–Crippen LogP) is 5.79. The summed E-state index contributed by atoms with van der Waals surface area (Å²) in [6.07, 6.45) is 6.97. The summed E-state index contributed by atoms with van der Waals surface area (Å²) < 4.78 is 1.85. The summed E-state index contributed by atoms with van der Waals surface area (Å²) in [5.74, 6) is 0. The minimum Gasteiger partial charge on any atom is -0.262 e. The summed E-state index contributed by atoms with van der Waals surface area (Å²) in [7, 11) is 0. The second-order valence-corrected chi connectivity index (χ2v) is 7.82. The molecule has 2 aromatic carbocycles. The fourth-order valence-corrected chi connectivity index (χ4v) is 4.11. The van der Waals surface area contributed by atoms with Crippen LogP contribution in [-0.2, 0) is 0 Å². The van der Waals surface area contributed by atoms with Gasteiger partial charge in [0, 0.05) is 23.3 Å². The molecular formula is C26H19N5S. The van der Waals surface area contributed by atoms with Gasteiger partial charge >= 0.3 is 0 Å². The molecule has 0 saturated heterocycles. The van der Waals surface area contributed by atoms with Gasteiger partial charge in [0.1, 0.15) is 0 Å². The van der Waals surface area contributed by atoms with Gasteiger partial charge in [-0.05, 0) is 35.4 Å². The van der Waals surface area contributed by atoms with Gasteiger partial charge in [0.2, 0.25) is 4.80 Å². The minimum absolute atomic E-state index is 0.757. The lowest BCUT2D eigenvalue weighted by molar-refractivity contribution is 0.853. The van der Waals surface area contributed by atoms with Gasteiger partial charge in [-0.25, -0.2) is 9.67 Å². The number of thiazole rings is 1. The number of nitrogens with zero attached hydrogens (tertiary/aromatic N) is 5. The van der Waals surface area contributed by atoms with Crippen LogP contribution in [0.4, 0.5) is 5.69 Å². The largest absolute Gasteiger partial charge is 0.262 e. The lowest BCUT2D eigenvalue weighted by Crippen LogP contribution is -2.11. The standard InChI is InChI=1S/C26H19N5S/c1-2-7-20(8-3-1)21-11-13-22(14-12-21)25-19-32-26(30-24-10-6-15-27-17-24)31(25)29-18-23-9-4-5-16-28-23/h1-19H. The normalized spacial score (nSPS) is 11.8. The number of aromatic nitrogens is 3. The molecule has 0 bridgehead atoms. The maximum atomic E-state index is 4.75. The van der Waals surface area contributed by atoms with Gasteiger partial charge < -0.3 is 0 Å². The third-order valence-corrected chi connectivity index (χ3v) is 5.65. The van der Waals surface area contributed by atoms with Crippen LogP contribution in [0, 0.1) is 0 Å². The quantitative estimate of drug-likeness (QED) is 0.330. The molecule has 6 heteroatoms. The molecule has 0 aliphatic heterocycles. The van der Waals surface area contributed by atoms with Crippen LogP contribution in [0.5, 0.6) is 0 Å². The molecule has 0 amide bonds. The van der Waals surface area contributed by atoms with Crippen LogP contribution in [0.3, 0.4) is 0 Å². The van der Waals surface area contributed by atoms with E-state index in [0.29, 0.717) is 0 Å². The molecule has 3 heterocycles. The molecule has 0 N–H and O–H groups in total. The first kappa shape index (κ1) is 19.8. The van der Waals surface area contributed by atoms with Crippen LogP contribution in [0.2, 0.25) is 0 Å². The minimum atomic E-state index is 0.757. The number of benzene rings is 2. The molecule has 0 radical (unpaired) electrons. The Morgan fingerprint density at radius 1 is 0.750 bits per heavy atom. The second kappa shape index (κ2) is 9.32. The van der Waals surface area contributed by atoms with E-state index in [2.05, 4.69) is 63.9 Å². The van der Waals surface area contributed by atoms with Crippen LogP contribution < -0.4 is 4.80 Å². The van der Waals surface area contributed by atoms with Crippen molar-refractivity contribution in [3.05, 3.63) is 119 Å². The number of hydrogen-bond acceptors (Lipinski definition) is 5. The van der Waals surface area contributed by atoms with Crippen molar-refractivity contribution in [2.45, 2.75) is 0 Å². The first-order valence-corrected chi connectivity index (χ1v) is 11.0. The fraction of sp³-hybridized carbons (Fsp3) is 0. The van der Waals surface area contributed by atoms with Crippen molar-refractivity contribution in [3.8, 4) is 22.4 Å². The van der Waals surface area contributed by atoms with Crippen LogP contribution >= 0.6 is 11.3 Å². The highest BCUT2D eigenvalue weighted by Gasteiger charge is 2.08. The molecule has 154 valence electrons. The van der Waals surface area contributed by atoms with E-state index in [0.717, 1.165) is 27.4 Å². The Kier molecular flexibility index (Phi) is 5.76. The molecule has 32 heavy (non-hydrogen) atoms. The molecule has 3 aromatic heterocycles. The zero-order chi connectivity index (χ0) is 21.6. The van der Waals surface area contributed by atoms with E-state index in [4.69, 9.17) is 10.1 Å². The molecule has 0 spiro atoms. The van der Waals surface area contributed by atoms with Crippen molar-refractivity contribution in [3.63, 3.8) is 0 Å². The molecule has 0 atom stereocenters. The van der Waals surface area contributed by atoms with Gasteiger partial charge in [0.15, 0.2) is 0 Å². The Labute approximate surface area is 189 Å². The summed E-state index contributed by atoms with van der Waals surface area (Å²) in [4.78, 5) is 14.0. The maximum Gasteiger partial charge on any atom is 0.211 e. The molecule has 0 fully saturated rings. The van der Waals surface area contributed by atoms with Crippen molar-refractivity contribution < 1.29 is 0 Å². The topological polar surface area (TPSA) is 55.4 Å². The average molecular weight is 434 g/mol. The molecule has 5 nitrogen and oxygen atoms in total. The van der Waals surface area contributed by atoms with E-state index in [1.807, 2.05) is 41.1 Å². The van der Waals surface area contributed by atoms with Crippen LogP contribution in [-0.4, -0.2) is 20.9 Å². The molecule has 0 aliphatic carbocycles. The van der Waals surface area contributed by atoms with Crippen LogP contribution in [0.15, 0.2) is 119 Å². The molecule has 0 unspecified atom stereocenters. The Bertz CT molecular complexity index is 1390. The molecule has 5 aromatic rings. The lowest BCUT2D eigenvalue weighted by Gasteiger charge is -2.06. The van der Waals surface area contributed by atoms with Gasteiger partial charge in [0.25, 0.3) is 0 Å². The Morgan fingerprint density at radius 3 is 2.28 bits per heavy atom. The van der Waals surface area contributed by atoms with Gasteiger partial charge in [0.05, 0.1) is 29.5 Å². The molecular weight excluding hydrogens is 414 g/mol. The van der Waals surface area contributed by atoms with Crippen molar-refractivity contribution in [1.82, 2.24) is 14.6 Å². The van der Waals surface area contributed by atoms with Gasteiger partial charge in [-0.1, -0.05) is 60.7 Å². The number of rotatable bonds is 5. The molecule has 0 saturated carbocycles. The van der Waals surface area contributed by atoms with Gasteiger partial charge in [-0.2, -0.15) is 5.10 Å². The fourth-order valence-electron chi connectivity index (χ4n) is 3.25. The SMILES string of the molecule is C(=Nn1c(-c2ccc(-c3ccccc3)cc2)csc1=Nc1cccnc1)c1ccccn1. The summed E-state index contributed by atoms with van der Waals surface area (Å²) in [6.45, 7) is 0. The molecule has 5 rings (SSSR count). The van der Waals surface area contributed by atoms with E-state index in [1.165, 1.54) is 22.5 Å². The van der Waals surface area contributed by atoms with Crippen LogP contribution in [0.1, 0.15) is 5.69 Å². The highest BCUT2D eigenvalue weighted by atomic mass is 32.1. The zero-order valence-corrected chi connectivity index (χ0v) is 17.9. The monoisotopic (exact) mass is 433 g/mol. The summed E-state index contributed by atoms with van der Waals surface area (Å²) in [5.41, 5.74) is 5.95. The first-order valence-electron chi connectivity index (χ1n) is 10.1. The third kappa shape index (κ3) is 4.45. The first-order chi connectivity index (χ1) is 15.9. The highest BCUT2D eigenvalue weighted by molar-refractivity contribution is 7.07. The van der Waals surface area contributed by atoms with E-state index >= 15 is 0 Å². The number of hydrogen-bond donors (Lipinski definition) is 0. The van der Waals surface area contributed by atoms with Crippen molar-refractivity contribution in [2.75, 3.05) is 0 Å². The van der Waals surface area contributed by atoms with Gasteiger partial charge in [-0.3, -0.25) is 9.97 Å². The van der Waals surface area contributed by atoms with E-state index < -0.39 is 0 Å². The predicted molar refractivity (Wildman–Crippen MR) is 130 cm³/mol. The smallest absolute Gasteiger partial charge is 0.211 e. The zero-order valence-electron chi connectivity index (χ0n) is 17.1. The summed E-state index contributed by atoms with van der Waals surface area (Å²) >= 11 is 1.54. The molecule has 0 aliphatic rings. The Morgan fingerprint density at radius 2 is 1.53 bits per heavy atom. The van der Waals surface area contributed by atoms with E-state index in [-0.39, 0.29) is 0 Å². The highest BCUT2D eigenvalue weighted by Crippen LogP contribution is 2.25. The van der Waals surface area contributed by atoms with Crippen molar-refractivity contribution >= 4 is 23.2 Å². The third-order valence-electron chi connectivity index (χ3n) is 4.84. The lowest BCUT2D eigenvalue weighted by atomic mass is 10.0. The number of pyridine rings is 2. The average Bonchev–Trinajstić information content (AvgIpc) is 3.27. The summed E-state index contributed by atoms with van der Waals surface area (Å²) in [5, 5.41) is 6.79. The summed E-state index contributed by atoms with van der Waals surface area (Å²) in [6, 6.07) is 28.4. The maximum absolute atomic E-state index is 4.75.